The standard InChI is InChI=1S/C28H23Cl3N4O/c1-17(24-7-2-3-14-32-24)33-28(36)26-22-6-4-5-19(15-18-8-10-20(29)11-9-18)27(22)35(34-26)25-13-12-21(30)16-23(25)31/h2-3,7-17H,4-6H2,1H3,(H,33,36). The van der Waals surface area contributed by atoms with Crippen LogP contribution in [0.15, 0.2) is 66.9 Å². The van der Waals surface area contributed by atoms with Crippen LogP contribution in [0.3, 0.4) is 0 Å². The lowest BCUT2D eigenvalue weighted by atomic mass is 9.89. The van der Waals surface area contributed by atoms with Crippen LogP contribution in [-0.2, 0) is 6.42 Å². The Balaban J connectivity index is 1.61. The maximum absolute atomic E-state index is 13.5. The van der Waals surface area contributed by atoms with E-state index in [2.05, 4.69) is 16.4 Å². The summed E-state index contributed by atoms with van der Waals surface area (Å²) in [5.74, 6) is -0.249. The molecule has 0 saturated heterocycles. The monoisotopic (exact) mass is 536 g/mol. The van der Waals surface area contributed by atoms with Crippen molar-refractivity contribution in [1.29, 1.82) is 0 Å². The van der Waals surface area contributed by atoms with E-state index in [1.807, 2.05) is 55.5 Å². The van der Waals surface area contributed by atoms with Gasteiger partial charge in [0.05, 0.1) is 28.1 Å². The predicted octanol–water partition coefficient (Wildman–Crippen LogP) is 7.60. The Morgan fingerprint density at radius 2 is 1.81 bits per heavy atom. The molecule has 5 nitrogen and oxygen atoms in total. The third kappa shape index (κ3) is 5.05. The van der Waals surface area contributed by atoms with E-state index in [9.17, 15) is 4.79 Å². The van der Waals surface area contributed by atoms with Crippen molar-refractivity contribution >= 4 is 52.4 Å². The van der Waals surface area contributed by atoms with E-state index in [-0.39, 0.29) is 11.9 Å². The number of fused-ring (bicyclic) bond motifs is 1. The number of nitrogens with zero attached hydrogens (tertiary/aromatic N) is 3. The molecule has 1 atom stereocenters. The van der Waals surface area contributed by atoms with Crippen molar-refractivity contribution < 1.29 is 4.79 Å². The highest BCUT2D eigenvalue weighted by atomic mass is 35.5. The summed E-state index contributed by atoms with van der Waals surface area (Å²) in [4.78, 5) is 17.8. The molecule has 0 fully saturated rings. The van der Waals surface area contributed by atoms with Crippen molar-refractivity contribution in [3.63, 3.8) is 0 Å². The summed E-state index contributed by atoms with van der Waals surface area (Å²) < 4.78 is 1.77. The third-order valence-corrected chi connectivity index (χ3v) is 6.99. The lowest BCUT2D eigenvalue weighted by molar-refractivity contribution is 0.0932. The molecule has 2 heterocycles. The summed E-state index contributed by atoms with van der Waals surface area (Å²) >= 11 is 18.8. The van der Waals surface area contributed by atoms with E-state index in [1.54, 1.807) is 23.0 Å². The van der Waals surface area contributed by atoms with Crippen LogP contribution in [0.4, 0.5) is 0 Å². The molecular formula is C28H23Cl3N4O. The van der Waals surface area contributed by atoms with Crippen LogP contribution in [0.25, 0.3) is 17.3 Å². The summed E-state index contributed by atoms with van der Waals surface area (Å²) in [6.07, 6.45) is 6.32. The molecule has 182 valence electrons. The largest absolute Gasteiger partial charge is 0.343 e. The number of hydrogen-bond donors (Lipinski definition) is 1. The minimum Gasteiger partial charge on any atom is -0.343 e. The first-order valence-electron chi connectivity index (χ1n) is 11.7. The van der Waals surface area contributed by atoms with Gasteiger partial charge in [-0.05, 0) is 85.9 Å². The van der Waals surface area contributed by atoms with Crippen LogP contribution in [0.1, 0.15) is 58.8 Å². The van der Waals surface area contributed by atoms with Gasteiger partial charge < -0.3 is 5.32 Å². The molecule has 1 N–H and O–H groups in total. The molecule has 1 aliphatic rings. The summed E-state index contributed by atoms with van der Waals surface area (Å²) in [5, 5.41) is 9.53. The van der Waals surface area contributed by atoms with Crippen molar-refractivity contribution in [3.8, 4) is 5.69 Å². The Hall–Kier alpha value is -3.12. The first-order valence-corrected chi connectivity index (χ1v) is 12.8. The molecule has 36 heavy (non-hydrogen) atoms. The fourth-order valence-corrected chi connectivity index (χ4v) is 5.09. The number of carbonyl (C=O) groups excluding carboxylic acids is 1. The van der Waals surface area contributed by atoms with Gasteiger partial charge in [0, 0.05) is 21.8 Å². The van der Waals surface area contributed by atoms with Crippen molar-refractivity contribution in [3.05, 3.63) is 110 Å². The average molecular weight is 538 g/mol. The van der Waals surface area contributed by atoms with Crippen LogP contribution < -0.4 is 5.32 Å². The summed E-state index contributed by atoms with van der Waals surface area (Å²) in [7, 11) is 0. The molecule has 0 spiro atoms. The second-order valence-corrected chi connectivity index (χ2v) is 9.99. The number of carbonyl (C=O) groups is 1. The van der Waals surface area contributed by atoms with Gasteiger partial charge in [-0.1, -0.05) is 53.0 Å². The normalized spacial score (nSPS) is 14.9. The molecule has 1 amide bonds. The fraction of sp³-hybridized carbons (Fsp3) is 0.179. The Morgan fingerprint density at radius 1 is 1.03 bits per heavy atom. The van der Waals surface area contributed by atoms with Gasteiger partial charge in [-0.3, -0.25) is 9.78 Å². The quantitative estimate of drug-likeness (QED) is 0.285. The maximum Gasteiger partial charge on any atom is 0.272 e. The van der Waals surface area contributed by atoms with Crippen LogP contribution in [-0.4, -0.2) is 20.7 Å². The van der Waals surface area contributed by atoms with Gasteiger partial charge in [0.25, 0.3) is 5.91 Å². The van der Waals surface area contributed by atoms with Gasteiger partial charge in [-0.15, -0.1) is 0 Å². The van der Waals surface area contributed by atoms with E-state index in [4.69, 9.17) is 39.9 Å². The molecule has 2 aromatic carbocycles. The van der Waals surface area contributed by atoms with Gasteiger partial charge in [0.2, 0.25) is 0 Å². The van der Waals surface area contributed by atoms with Gasteiger partial charge >= 0.3 is 0 Å². The Morgan fingerprint density at radius 3 is 2.53 bits per heavy atom. The number of benzene rings is 2. The smallest absolute Gasteiger partial charge is 0.272 e. The van der Waals surface area contributed by atoms with Crippen LogP contribution >= 0.6 is 34.8 Å². The van der Waals surface area contributed by atoms with Crippen molar-refractivity contribution in [2.24, 2.45) is 0 Å². The van der Waals surface area contributed by atoms with Crippen molar-refractivity contribution in [1.82, 2.24) is 20.1 Å². The van der Waals surface area contributed by atoms with Gasteiger partial charge in [0.1, 0.15) is 0 Å². The molecule has 0 bridgehead atoms. The first-order chi connectivity index (χ1) is 17.4. The molecule has 1 aliphatic carbocycles. The van der Waals surface area contributed by atoms with Crippen molar-refractivity contribution in [2.75, 3.05) is 0 Å². The highest BCUT2D eigenvalue weighted by molar-refractivity contribution is 6.35. The number of aromatic nitrogens is 3. The average Bonchev–Trinajstić information content (AvgIpc) is 3.26. The summed E-state index contributed by atoms with van der Waals surface area (Å²) in [5.41, 5.74) is 5.72. The highest BCUT2D eigenvalue weighted by Gasteiger charge is 2.29. The Labute approximate surface area is 224 Å². The molecule has 1 unspecified atom stereocenters. The SMILES string of the molecule is CC(NC(=O)c1nn(-c2ccc(Cl)cc2Cl)c2c1CCCC2=Cc1ccc(Cl)cc1)c1ccccn1. The van der Waals surface area contributed by atoms with E-state index in [0.717, 1.165) is 47.4 Å². The minimum atomic E-state index is -0.272. The van der Waals surface area contributed by atoms with Gasteiger partial charge in [-0.2, -0.15) is 5.10 Å². The maximum atomic E-state index is 13.5. The zero-order valence-electron chi connectivity index (χ0n) is 19.5. The zero-order valence-corrected chi connectivity index (χ0v) is 21.8. The zero-order chi connectivity index (χ0) is 25.2. The second kappa shape index (κ2) is 10.5. The fourth-order valence-electron chi connectivity index (χ4n) is 4.47. The molecule has 4 aromatic rings. The molecule has 0 saturated carbocycles. The number of rotatable bonds is 5. The van der Waals surface area contributed by atoms with Crippen molar-refractivity contribution in [2.45, 2.75) is 32.2 Å². The van der Waals surface area contributed by atoms with E-state index in [0.29, 0.717) is 26.4 Å². The molecule has 5 rings (SSSR count). The number of pyridine rings is 1. The molecule has 8 heteroatoms. The molecule has 2 aromatic heterocycles. The van der Waals surface area contributed by atoms with Gasteiger partial charge in [0.15, 0.2) is 5.69 Å². The molecular weight excluding hydrogens is 515 g/mol. The topological polar surface area (TPSA) is 59.8 Å². The molecule has 0 aliphatic heterocycles. The lowest BCUT2D eigenvalue weighted by Crippen LogP contribution is -2.28. The number of amides is 1. The third-order valence-electron chi connectivity index (χ3n) is 6.20. The predicted molar refractivity (Wildman–Crippen MR) is 146 cm³/mol. The minimum absolute atomic E-state index is 0.249. The molecule has 0 radical (unpaired) electrons. The van der Waals surface area contributed by atoms with Crippen LogP contribution in [0, 0.1) is 0 Å². The van der Waals surface area contributed by atoms with E-state index in [1.165, 1.54) is 0 Å². The Kier molecular flexibility index (Phi) is 7.15. The number of allylic oxidation sites excluding steroid dienone is 1. The number of hydrogen-bond acceptors (Lipinski definition) is 3. The second-order valence-electron chi connectivity index (χ2n) is 8.71. The lowest BCUT2D eigenvalue weighted by Gasteiger charge is -2.19. The van der Waals surface area contributed by atoms with Crippen LogP contribution in [0.2, 0.25) is 15.1 Å². The van der Waals surface area contributed by atoms with E-state index < -0.39 is 0 Å². The summed E-state index contributed by atoms with van der Waals surface area (Å²) in [6, 6.07) is 18.3. The van der Waals surface area contributed by atoms with Gasteiger partial charge in [-0.25, -0.2) is 4.68 Å². The van der Waals surface area contributed by atoms with E-state index >= 15 is 0 Å². The Bertz CT molecular complexity index is 1450. The first kappa shape index (κ1) is 24.6. The number of nitrogens with one attached hydrogen (secondary N) is 1. The van der Waals surface area contributed by atoms with Crippen LogP contribution in [0.5, 0.6) is 0 Å². The highest BCUT2D eigenvalue weighted by Crippen LogP contribution is 2.38. The summed E-state index contributed by atoms with van der Waals surface area (Å²) in [6.45, 7) is 1.91. The number of halogens is 3.